The topological polar surface area (TPSA) is 38.9 Å². The van der Waals surface area contributed by atoms with Crippen LogP contribution in [0.4, 0.5) is 0 Å². The van der Waals surface area contributed by atoms with E-state index in [2.05, 4.69) is 11.1 Å². The van der Waals surface area contributed by atoms with Gasteiger partial charge in [-0.1, -0.05) is 23.4 Å². The predicted octanol–water partition coefficient (Wildman–Crippen LogP) is 3.96. The van der Waals surface area contributed by atoms with Gasteiger partial charge >= 0.3 is 0 Å². The molecule has 18 heavy (non-hydrogen) atoms. The van der Waals surface area contributed by atoms with Crippen molar-refractivity contribution in [1.82, 2.24) is 4.98 Å². The first-order chi connectivity index (χ1) is 8.60. The van der Waals surface area contributed by atoms with E-state index in [1.165, 1.54) is 4.90 Å². The molecule has 0 unspecified atom stereocenters. The molecule has 0 aliphatic rings. The fourth-order valence-electron chi connectivity index (χ4n) is 1.79. The highest BCUT2D eigenvalue weighted by Gasteiger charge is 2.08. The lowest BCUT2D eigenvalue weighted by atomic mass is 10.2. The van der Waals surface area contributed by atoms with Crippen molar-refractivity contribution in [3.8, 4) is 0 Å². The minimum Gasteiger partial charge on any atom is -0.326 e. The highest BCUT2D eigenvalue weighted by atomic mass is 35.5. The summed E-state index contributed by atoms with van der Waals surface area (Å²) < 4.78 is 0. The number of nitrogens with zero attached hydrogens (tertiary/aromatic N) is 1. The lowest BCUT2D eigenvalue weighted by Crippen LogP contribution is -2.04. The lowest BCUT2D eigenvalue weighted by molar-refractivity contribution is 0.945. The summed E-state index contributed by atoms with van der Waals surface area (Å²) in [6.07, 6.45) is 0. The van der Waals surface area contributed by atoms with E-state index in [-0.39, 0.29) is 0 Å². The summed E-state index contributed by atoms with van der Waals surface area (Å²) in [6, 6.07) is 9.89. The zero-order valence-corrected chi connectivity index (χ0v) is 12.0. The molecule has 0 atom stereocenters. The van der Waals surface area contributed by atoms with Crippen LogP contribution in [0.1, 0.15) is 17.0 Å². The van der Waals surface area contributed by atoms with Gasteiger partial charge in [0.15, 0.2) is 0 Å². The van der Waals surface area contributed by atoms with Crippen molar-refractivity contribution in [3.05, 3.63) is 52.3 Å². The first-order valence-electron chi connectivity index (χ1n) is 5.70. The van der Waals surface area contributed by atoms with Crippen molar-refractivity contribution < 1.29 is 0 Å². The van der Waals surface area contributed by atoms with E-state index in [0.717, 1.165) is 26.9 Å². The number of pyridine rings is 1. The molecule has 1 aromatic heterocycles. The van der Waals surface area contributed by atoms with Crippen LogP contribution in [0.5, 0.6) is 0 Å². The maximum atomic E-state index is 5.88. The van der Waals surface area contributed by atoms with Gasteiger partial charge in [-0.25, -0.2) is 0 Å². The molecule has 2 nitrogen and oxygen atoms in total. The van der Waals surface area contributed by atoms with Crippen LogP contribution in [0.25, 0.3) is 0 Å². The Morgan fingerprint density at radius 2 is 1.89 bits per heavy atom. The summed E-state index contributed by atoms with van der Waals surface area (Å²) in [6.45, 7) is 4.51. The number of nitrogens with two attached hydrogens (primary N) is 1. The number of hydrogen-bond donors (Lipinski definition) is 1. The second-order valence-electron chi connectivity index (χ2n) is 4.09. The van der Waals surface area contributed by atoms with E-state index in [1.807, 2.05) is 38.1 Å². The summed E-state index contributed by atoms with van der Waals surface area (Å²) in [5, 5.41) is 0.750. The Kier molecular flexibility index (Phi) is 4.27. The summed E-state index contributed by atoms with van der Waals surface area (Å²) in [5.41, 5.74) is 8.94. The molecule has 94 valence electrons. The van der Waals surface area contributed by atoms with Gasteiger partial charge in [-0.15, -0.1) is 0 Å². The molecule has 4 heteroatoms. The van der Waals surface area contributed by atoms with E-state index in [9.17, 15) is 0 Å². The van der Waals surface area contributed by atoms with Gasteiger partial charge in [0, 0.05) is 38.3 Å². The van der Waals surface area contributed by atoms with Crippen molar-refractivity contribution >= 4 is 23.4 Å². The number of benzene rings is 1. The Hall–Kier alpha value is -1.03. The molecule has 2 N–H and O–H groups in total. The predicted molar refractivity (Wildman–Crippen MR) is 77.2 cm³/mol. The SMILES string of the molecule is Cc1cc(Sc2ccc(Cl)cc2)c(CN)c(C)n1. The highest BCUT2D eigenvalue weighted by Crippen LogP contribution is 2.32. The van der Waals surface area contributed by atoms with Crippen LogP contribution in [0.15, 0.2) is 40.1 Å². The average Bonchev–Trinajstić information content (AvgIpc) is 2.32. The van der Waals surface area contributed by atoms with Gasteiger partial charge in [-0.3, -0.25) is 4.98 Å². The minimum absolute atomic E-state index is 0.509. The monoisotopic (exact) mass is 278 g/mol. The van der Waals surface area contributed by atoms with E-state index in [4.69, 9.17) is 17.3 Å². The molecule has 2 rings (SSSR count). The third kappa shape index (κ3) is 3.05. The maximum absolute atomic E-state index is 5.88. The molecular formula is C14H15ClN2S. The number of hydrogen-bond acceptors (Lipinski definition) is 3. The molecule has 1 aromatic carbocycles. The quantitative estimate of drug-likeness (QED) is 0.924. The standard InChI is InChI=1S/C14H15ClN2S/c1-9-7-14(13(8-16)10(2)17-9)18-12-5-3-11(15)4-6-12/h3-7H,8,16H2,1-2H3. The third-order valence-electron chi connectivity index (χ3n) is 2.66. The van der Waals surface area contributed by atoms with Gasteiger partial charge < -0.3 is 5.73 Å². The van der Waals surface area contributed by atoms with Crippen molar-refractivity contribution in [2.24, 2.45) is 5.73 Å². The number of aromatic nitrogens is 1. The van der Waals surface area contributed by atoms with Crippen LogP contribution in [-0.4, -0.2) is 4.98 Å². The lowest BCUT2D eigenvalue weighted by Gasteiger charge is -2.11. The molecule has 0 fully saturated rings. The summed E-state index contributed by atoms with van der Waals surface area (Å²) >= 11 is 7.58. The molecule has 1 heterocycles. The first kappa shape index (κ1) is 13.4. The van der Waals surface area contributed by atoms with Crippen LogP contribution >= 0.6 is 23.4 Å². The van der Waals surface area contributed by atoms with Gasteiger partial charge in [0.1, 0.15) is 0 Å². The smallest absolute Gasteiger partial charge is 0.0432 e. The molecular weight excluding hydrogens is 264 g/mol. The number of aryl methyl sites for hydroxylation is 2. The maximum Gasteiger partial charge on any atom is 0.0432 e. The van der Waals surface area contributed by atoms with Gasteiger partial charge in [-0.05, 0) is 44.2 Å². The zero-order valence-electron chi connectivity index (χ0n) is 10.4. The van der Waals surface area contributed by atoms with Crippen molar-refractivity contribution in [2.45, 2.75) is 30.2 Å². The fourth-order valence-corrected chi connectivity index (χ4v) is 3.02. The van der Waals surface area contributed by atoms with E-state index >= 15 is 0 Å². The molecule has 0 spiro atoms. The van der Waals surface area contributed by atoms with Crippen LogP contribution in [0.2, 0.25) is 5.02 Å². The van der Waals surface area contributed by atoms with Crippen LogP contribution < -0.4 is 5.73 Å². The highest BCUT2D eigenvalue weighted by molar-refractivity contribution is 7.99. The molecule has 0 aliphatic carbocycles. The normalized spacial score (nSPS) is 10.7. The van der Waals surface area contributed by atoms with Crippen molar-refractivity contribution in [3.63, 3.8) is 0 Å². The summed E-state index contributed by atoms with van der Waals surface area (Å²) in [7, 11) is 0. The molecule has 2 aromatic rings. The Bertz CT molecular complexity index is 552. The number of rotatable bonds is 3. The van der Waals surface area contributed by atoms with Gasteiger partial charge in [0.05, 0.1) is 0 Å². The Labute approximate surface area is 117 Å². The first-order valence-corrected chi connectivity index (χ1v) is 6.90. The third-order valence-corrected chi connectivity index (χ3v) is 4.01. The van der Waals surface area contributed by atoms with E-state index in [1.54, 1.807) is 11.8 Å². The van der Waals surface area contributed by atoms with Gasteiger partial charge in [-0.2, -0.15) is 0 Å². The van der Waals surface area contributed by atoms with E-state index in [0.29, 0.717) is 6.54 Å². The zero-order chi connectivity index (χ0) is 13.1. The second kappa shape index (κ2) is 5.74. The molecule has 0 amide bonds. The van der Waals surface area contributed by atoms with Crippen LogP contribution in [0, 0.1) is 13.8 Å². The summed E-state index contributed by atoms with van der Waals surface area (Å²) in [5.74, 6) is 0. The van der Waals surface area contributed by atoms with Crippen molar-refractivity contribution in [2.75, 3.05) is 0 Å². The van der Waals surface area contributed by atoms with Gasteiger partial charge in [0.2, 0.25) is 0 Å². The minimum atomic E-state index is 0.509. The van der Waals surface area contributed by atoms with Crippen LogP contribution in [-0.2, 0) is 6.54 Å². The molecule has 0 radical (unpaired) electrons. The molecule has 0 bridgehead atoms. The van der Waals surface area contributed by atoms with Crippen molar-refractivity contribution in [1.29, 1.82) is 0 Å². The number of halogens is 1. The Balaban J connectivity index is 2.36. The molecule has 0 saturated heterocycles. The van der Waals surface area contributed by atoms with Crippen LogP contribution in [0.3, 0.4) is 0 Å². The fraction of sp³-hybridized carbons (Fsp3) is 0.214. The average molecular weight is 279 g/mol. The van der Waals surface area contributed by atoms with Gasteiger partial charge in [0.25, 0.3) is 0 Å². The second-order valence-corrected chi connectivity index (χ2v) is 5.64. The largest absolute Gasteiger partial charge is 0.326 e. The molecule has 0 saturated carbocycles. The molecule has 0 aliphatic heterocycles. The summed E-state index contributed by atoms with van der Waals surface area (Å²) in [4.78, 5) is 6.77. The van der Waals surface area contributed by atoms with E-state index < -0.39 is 0 Å². The Morgan fingerprint density at radius 3 is 2.50 bits per heavy atom. The Morgan fingerprint density at radius 1 is 1.22 bits per heavy atom.